The molecule has 17 heavy (non-hydrogen) atoms. The van der Waals surface area contributed by atoms with Crippen LogP contribution in [0.5, 0.6) is 0 Å². The molecule has 0 unspecified atom stereocenters. The molecule has 0 spiro atoms. The summed E-state index contributed by atoms with van der Waals surface area (Å²) in [5.74, 6) is 1.62. The second-order valence-electron chi connectivity index (χ2n) is 4.16. The van der Waals surface area contributed by atoms with Crippen molar-refractivity contribution in [2.24, 2.45) is 0 Å². The number of aryl methyl sites for hydroxylation is 2. The van der Waals surface area contributed by atoms with E-state index in [-0.39, 0.29) is 6.54 Å². The fourth-order valence-corrected chi connectivity index (χ4v) is 1.65. The third-order valence-corrected chi connectivity index (χ3v) is 2.65. The van der Waals surface area contributed by atoms with Crippen molar-refractivity contribution in [3.8, 4) is 12.3 Å². The molecule has 3 nitrogen and oxygen atoms in total. The lowest BCUT2D eigenvalue weighted by molar-refractivity contribution is -0.138. The molecular weight excluding hydrogens is 214 g/mol. The van der Waals surface area contributed by atoms with Gasteiger partial charge >= 0.3 is 5.97 Å². The first kappa shape index (κ1) is 13.3. The van der Waals surface area contributed by atoms with Crippen molar-refractivity contribution in [1.82, 2.24) is 4.90 Å². The monoisotopic (exact) mass is 231 g/mol. The van der Waals surface area contributed by atoms with E-state index in [1.54, 1.807) is 4.90 Å². The molecule has 0 amide bonds. The number of carboxylic acids is 1. The van der Waals surface area contributed by atoms with Gasteiger partial charge in [0.1, 0.15) is 0 Å². The van der Waals surface area contributed by atoms with E-state index in [1.807, 2.05) is 19.1 Å². The van der Waals surface area contributed by atoms with E-state index in [0.29, 0.717) is 13.1 Å². The van der Waals surface area contributed by atoms with E-state index >= 15 is 0 Å². The van der Waals surface area contributed by atoms with Crippen LogP contribution in [0, 0.1) is 26.2 Å². The Morgan fingerprint density at radius 2 is 2.12 bits per heavy atom. The van der Waals surface area contributed by atoms with Crippen molar-refractivity contribution in [1.29, 1.82) is 0 Å². The van der Waals surface area contributed by atoms with E-state index in [2.05, 4.69) is 18.9 Å². The lowest BCUT2D eigenvalue weighted by atomic mass is 10.1. The van der Waals surface area contributed by atoms with E-state index in [9.17, 15) is 4.79 Å². The molecule has 0 aliphatic rings. The van der Waals surface area contributed by atoms with Crippen molar-refractivity contribution in [2.45, 2.75) is 20.4 Å². The van der Waals surface area contributed by atoms with Crippen LogP contribution in [0.15, 0.2) is 18.2 Å². The Labute approximate surface area is 102 Å². The summed E-state index contributed by atoms with van der Waals surface area (Å²) in [6.45, 7) is 4.98. The number of rotatable bonds is 5. The number of nitrogens with zero attached hydrogens (tertiary/aromatic N) is 1. The lowest BCUT2D eigenvalue weighted by Crippen LogP contribution is -2.29. The highest BCUT2D eigenvalue weighted by atomic mass is 16.4. The second kappa shape index (κ2) is 6.07. The Hall–Kier alpha value is -1.79. The Morgan fingerprint density at radius 1 is 1.41 bits per heavy atom. The van der Waals surface area contributed by atoms with E-state index in [1.165, 1.54) is 11.1 Å². The highest BCUT2D eigenvalue weighted by Gasteiger charge is 2.09. The zero-order valence-electron chi connectivity index (χ0n) is 10.2. The predicted octanol–water partition coefficient (Wildman–Crippen LogP) is 1.82. The van der Waals surface area contributed by atoms with Gasteiger partial charge in [0.2, 0.25) is 0 Å². The maximum absolute atomic E-state index is 10.7. The van der Waals surface area contributed by atoms with Gasteiger partial charge in [-0.2, -0.15) is 0 Å². The van der Waals surface area contributed by atoms with Gasteiger partial charge in [0.05, 0.1) is 13.1 Å². The molecule has 1 aromatic rings. The maximum atomic E-state index is 10.7. The van der Waals surface area contributed by atoms with E-state index in [4.69, 9.17) is 11.5 Å². The normalized spacial score (nSPS) is 10.2. The molecule has 0 aliphatic heterocycles. The first-order valence-corrected chi connectivity index (χ1v) is 5.46. The summed E-state index contributed by atoms with van der Waals surface area (Å²) in [5.41, 5.74) is 3.53. The van der Waals surface area contributed by atoms with Crippen LogP contribution < -0.4 is 0 Å². The molecule has 0 aliphatic carbocycles. The molecule has 3 heteroatoms. The summed E-state index contributed by atoms with van der Waals surface area (Å²) in [4.78, 5) is 12.4. The third-order valence-electron chi connectivity index (χ3n) is 2.65. The van der Waals surface area contributed by atoms with Crippen LogP contribution in [-0.2, 0) is 11.3 Å². The molecule has 1 aromatic carbocycles. The second-order valence-corrected chi connectivity index (χ2v) is 4.16. The van der Waals surface area contributed by atoms with Gasteiger partial charge in [0, 0.05) is 6.54 Å². The van der Waals surface area contributed by atoms with Crippen LogP contribution in [0.4, 0.5) is 0 Å². The van der Waals surface area contributed by atoms with Gasteiger partial charge in [0.25, 0.3) is 0 Å². The first-order valence-electron chi connectivity index (χ1n) is 5.46. The number of hydrogen-bond acceptors (Lipinski definition) is 2. The molecule has 1 N–H and O–H groups in total. The number of aliphatic carboxylic acids is 1. The fraction of sp³-hybridized carbons (Fsp3) is 0.357. The van der Waals surface area contributed by atoms with Gasteiger partial charge < -0.3 is 5.11 Å². The largest absolute Gasteiger partial charge is 0.480 e. The van der Waals surface area contributed by atoms with Crippen LogP contribution in [-0.4, -0.2) is 29.1 Å². The number of terminal acetylenes is 1. The van der Waals surface area contributed by atoms with Crippen LogP contribution in [0.3, 0.4) is 0 Å². The summed E-state index contributed by atoms with van der Waals surface area (Å²) >= 11 is 0. The quantitative estimate of drug-likeness (QED) is 0.786. The minimum Gasteiger partial charge on any atom is -0.480 e. The number of carboxylic acid groups (broad SMARTS) is 1. The summed E-state index contributed by atoms with van der Waals surface area (Å²) < 4.78 is 0. The van der Waals surface area contributed by atoms with Crippen molar-refractivity contribution in [3.05, 3.63) is 34.9 Å². The molecule has 0 radical (unpaired) electrons. The molecule has 0 bridgehead atoms. The van der Waals surface area contributed by atoms with Crippen LogP contribution in [0.1, 0.15) is 16.7 Å². The highest BCUT2D eigenvalue weighted by molar-refractivity contribution is 5.69. The molecule has 0 aromatic heterocycles. The topological polar surface area (TPSA) is 40.5 Å². The number of benzene rings is 1. The fourth-order valence-electron chi connectivity index (χ4n) is 1.65. The van der Waals surface area contributed by atoms with E-state index in [0.717, 1.165) is 5.56 Å². The van der Waals surface area contributed by atoms with Crippen molar-refractivity contribution in [3.63, 3.8) is 0 Å². The van der Waals surface area contributed by atoms with Crippen LogP contribution in [0.2, 0.25) is 0 Å². The van der Waals surface area contributed by atoms with Crippen LogP contribution in [0.25, 0.3) is 0 Å². The SMILES string of the molecule is C#CCN(CC(=O)O)Cc1ccc(C)c(C)c1. The first-order chi connectivity index (χ1) is 8.02. The zero-order valence-corrected chi connectivity index (χ0v) is 10.2. The Kier molecular flexibility index (Phi) is 4.74. The zero-order chi connectivity index (χ0) is 12.8. The van der Waals surface area contributed by atoms with Gasteiger partial charge in [-0.05, 0) is 30.5 Å². The van der Waals surface area contributed by atoms with Gasteiger partial charge in [-0.1, -0.05) is 24.1 Å². The summed E-state index contributed by atoms with van der Waals surface area (Å²) in [6.07, 6.45) is 5.23. The van der Waals surface area contributed by atoms with Crippen LogP contribution >= 0.6 is 0 Å². The molecule has 0 atom stereocenters. The van der Waals surface area contributed by atoms with Crippen molar-refractivity contribution in [2.75, 3.05) is 13.1 Å². The van der Waals surface area contributed by atoms with Gasteiger partial charge in [-0.25, -0.2) is 0 Å². The lowest BCUT2D eigenvalue weighted by Gasteiger charge is -2.17. The Bertz CT molecular complexity index is 446. The smallest absolute Gasteiger partial charge is 0.317 e. The molecule has 1 rings (SSSR count). The molecular formula is C14H17NO2. The summed E-state index contributed by atoms with van der Waals surface area (Å²) in [5, 5.41) is 8.78. The minimum absolute atomic E-state index is 0.0306. The molecule has 0 saturated carbocycles. The standard InChI is InChI=1S/C14H17NO2/c1-4-7-15(10-14(16)17)9-13-6-5-11(2)12(3)8-13/h1,5-6,8H,7,9-10H2,2-3H3,(H,16,17). The Morgan fingerprint density at radius 3 is 2.65 bits per heavy atom. The highest BCUT2D eigenvalue weighted by Crippen LogP contribution is 2.11. The molecule has 0 saturated heterocycles. The van der Waals surface area contributed by atoms with Crippen molar-refractivity contribution >= 4 is 5.97 Å². The average Bonchev–Trinajstić information content (AvgIpc) is 2.23. The predicted molar refractivity (Wildman–Crippen MR) is 67.7 cm³/mol. The maximum Gasteiger partial charge on any atom is 0.317 e. The number of hydrogen-bond donors (Lipinski definition) is 1. The molecule has 0 heterocycles. The number of carbonyl (C=O) groups is 1. The van der Waals surface area contributed by atoms with Gasteiger partial charge in [0.15, 0.2) is 0 Å². The van der Waals surface area contributed by atoms with E-state index < -0.39 is 5.97 Å². The van der Waals surface area contributed by atoms with Gasteiger partial charge in [-0.3, -0.25) is 9.69 Å². The minimum atomic E-state index is -0.857. The Balaban J connectivity index is 2.75. The summed E-state index contributed by atoms with van der Waals surface area (Å²) in [6, 6.07) is 6.12. The van der Waals surface area contributed by atoms with Crippen molar-refractivity contribution < 1.29 is 9.90 Å². The molecule has 90 valence electrons. The third kappa shape index (κ3) is 4.29. The average molecular weight is 231 g/mol. The van der Waals surface area contributed by atoms with Gasteiger partial charge in [-0.15, -0.1) is 6.42 Å². The molecule has 0 fully saturated rings. The summed E-state index contributed by atoms with van der Waals surface area (Å²) in [7, 11) is 0.